The van der Waals surface area contributed by atoms with Gasteiger partial charge in [-0.3, -0.25) is 4.79 Å². The van der Waals surface area contributed by atoms with Crippen LogP contribution in [0.25, 0.3) is 0 Å². The van der Waals surface area contributed by atoms with Gasteiger partial charge in [0.15, 0.2) is 0 Å². The molecule has 3 N–H and O–H groups in total. The van der Waals surface area contributed by atoms with Gasteiger partial charge in [0.25, 0.3) is 0 Å². The van der Waals surface area contributed by atoms with Crippen molar-refractivity contribution in [3.8, 4) is 0 Å². The van der Waals surface area contributed by atoms with Crippen molar-refractivity contribution in [1.82, 2.24) is 5.32 Å². The Kier molecular flexibility index (Phi) is 10.4. The molecule has 0 bridgehead atoms. The first-order chi connectivity index (χ1) is 8.18. The van der Waals surface area contributed by atoms with E-state index >= 15 is 0 Å². The second kappa shape index (κ2) is 10.6. The van der Waals surface area contributed by atoms with Crippen LogP contribution in [-0.2, 0) is 9.53 Å². The highest BCUT2D eigenvalue weighted by Gasteiger charge is 2.14. The molecule has 0 saturated heterocycles. The number of nitrogens with two attached hydrogens (primary N) is 1. The molecule has 18 heavy (non-hydrogen) atoms. The number of halogens is 1. The minimum atomic E-state index is 0. The van der Waals surface area contributed by atoms with Gasteiger partial charge in [-0.15, -0.1) is 12.4 Å². The highest BCUT2D eigenvalue weighted by Crippen LogP contribution is 2.20. The van der Waals surface area contributed by atoms with Crippen LogP contribution in [-0.4, -0.2) is 31.2 Å². The number of ether oxygens (including phenoxy) is 1. The Labute approximate surface area is 116 Å². The van der Waals surface area contributed by atoms with E-state index in [0.717, 1.165) is 19.4 Å². The quantitative estimate of drug-likeness (QED) is 0.668. The number of carbonyl (C=O) groups is 1. The highest BCUT2D eigenvalue weighted by atomic mass is 35.5. The number of amides is 1. The summed E-state index contributed by atoms with van der Waals surface area (Å²) in [7, 11) is 0. The molecule has 1 saturated carbocycles. The molecule has 0 aliphatic heterocycles. The van der Waals surface area contributed by atoms with E-state index < -0.39 is 0 Å². The van der Waals surface area contributed by atoms with E-state index in [-0.39, 0.29) is 24.4 Å². The first-order valence-corrected chi connectivity index (χ1v) is 6.82. The average molecular weight is 279 g/mol. The molecule has 0 spiro atoms. The lowest BCUT2D eigenvalue weighted by Crippen LogP contribution is -2.27. The molecule has 0 aromatic carbocycles. The Morgan fingerprint density at radius 1 is 1.44 bits per heavy atom. The molecule has 108 valence electrons. The Balaban J connectivity index is 0.00000289. The molecule has 4 nitrogen and oxygen atoms in total. The van der Waals surface area contributed by atoms with Gasteiger partial charge < -0.3 is 15.8 Å². The van der Waals surface area contributed by atoms with Crippen LogP contribution in [0.5, 0.6) is 0 Å². The fourth-order valence-electron chi connectivity index (χ4n) is 2.05. The van der Waals surface area contributed by atoms with Crippen LogP contribution in [0.4, 0.5) is 0 Å². The molecule has 1 atom stereocenters. The third-order valence-corrected chi connectivity index (χ3v) is 3.13. The predicted octanol–water partition coefficient (Wildman–Crippen LogP) is 2.00. The lowest BCUT2D eigenvalue weighted by atomic mass is 10.2. The van der Waals surface area contributed by atoms with E-state index in [1.54, 1.807) is 0 Å². The maximum atomic E-state index is 11.4. The maximum Gasteiger partial charge on any atom is 0.220 e. The highest BCUT2D eigenvalue weighted by molar-refractivity contribution is 5.85. The van der Waals surface area contributed by atoms with Gasteiger partial charge in [-0.2, -0.15) is 0 Å². The summed E-state index contributed by atoms with van der Waals surface area (Å²) in [6, 6.07) is 0.103. The standard InChI is InChI=1S/C13H26N2O2.ClH/c1-11(14)7-8-13(16)15-9-4-10-17-12-5-2-3-6-12;/h11-12H,2-10,14H2,1H3,(H,15,16);1H. The smallest absolute Gasteiger partial charge is 0.220 e. The topological polar surface area (TPSA) is 64.4 Å². The van der Waals surface area contributed by atoms with Gasteiger partial charge in [0.05, 0.1) is 6.10 Å². The molecule has 5 heteroatoms. The molecule has 1 amide bonds. The third-order valence-electron chi connectivity index (χ3n) is 3.13. The lowest BCUT2D eigenvalue weighted by Gasteiger charge is -2.11. The Hall–Kier alpha value is -0.320. The van der Waals surface area contributed by atoms with Gasteiger partial charge >= 0.3 is 0 Å². The zero-order valence-electron chi connectivity index (χ0n) is 11.3. The van der Waals surface area contributed by atoms with Crippen LogP contribution in [0.3, 0.4) is 0 Å². The molecule has 0 radical (unpaired) electrons. The van der Waals surface area contributed by atoms with Gasteiger partial charge in [0.1, 0.15) is 0 Å². The Morgan fingerprint density at radius 3 is 2.72 bits per heavy atom. The molecular formula is C13H27ClN2O2. The molecule has 0 aromatic rings. The first-order valence-electron chi connectivity index (χ1n) is 6.82. The van der Waals surface area contributed by atoms with E-state index in [1.165, 1.54) is 25.7 Å². The van der Waals surface area contributed by atoms with Crippen molar-refractivity contribution < 1.29 is 9.53 Å². The average Bonchev–Trinajstić information content (AvgIpc) is 2.79. The summed E-state index contributed by atoms with van der Waals surface area (Å²) >= 11 is 0. The fourth-order valence-corrected chi connectivity index (χ4v) is 2.05. The summed E-state index contributed by atoms with van der Waals surface area (Å²) in [5.74, 6) is 0.100. The normalized spacial score (nSPS) is 17.2. The van der Waals surface area contributed by atoms with Gasteiger partial charge in [0.2, 0.25) is 5.91 Å². The number of hydrogen-bond donors (Lipinski definition) is 2. The van der Waals surface area contributed by atoms with E-state index in [9.17, 15) is 4.79 Å². The molecule has 1 rings (SSSR count). The van der Waals surface area contributed by atoms with Crippen molar-refractivity contribution in [2.45, 2.75) is 64.0 Å². The zero-order chi connectivity index (χ0) is 12.5. The van der Waals surface area contributed by atoms with E-state index in [2.05, 4.69) is 5.32 Å². The molecular weight excluding hydrogens is 252 g/mol. The van der Waals surface area contributed by atoms with Crippen molar-refractivity contribution in [1.29, 1.82) is 0 Å². The van der Waals surface area contributed by atoms with Crippen LogP contribution < -0.4 is 11.1 Å². The predicted molar refractivity (Wildman–Crippen MR) is 76.0 cm³/mol. The van der Waals surface area contributed by atoms with Gasteiger partial charge in [-0.25, -0.2) is 0 Å². The second-order valence-electron chi connectivity index (χ2n) is 5.00. The number of hydrogen-bond acceptors (Lipinski definition) is 3. The van der Waals surface area contributed by atoms with Crippen LogP contribution in [0.2, 0.25) is 0 Å². The van der Waals surface area contributed by atoms with E-state index in [0.29, 0.717) is 19.1 Å². The second-order valence-corrected chi connectivity index (χ2v) is 5.00. The molecule has 1 aliphatic rings. The third kappa shape index (κ3) is 8.72. The summed E-state index contributed by atoms with van der Waals surface area (Å²) < 4.78 is 5.71. The SMILES string of the molecule is CC(N)CCC(=O)NCCCOC1CCCC1.Cl. The Bertz CT molecular complexity index is 219. The van der Waals surface area contributed by atoms with Crippen LogP contribution >= 0.6 is 12.4 Å². The summed E-state index contributed by atoms with van der Waals surface area (Å²) in [6.45, 7) is 3.39. The number of carbonyl (C=O) groups excluding carboxylic acids is 1. The van der Waals surface area contributed by atoms with Crippen molar-refractivity contribution >= 4 is 18.3 Å². The van der Waals surface area contributed by atoms with E-state index in [1.807, 2.05) is 6.92 Å². The summed E-state index contributed by atoms with van der Waals surface area (Å²) in [5.41, 5.74) is 5.59. The summed E-state index contributed by atoms with van der Waals surface area (Å²) in [6.07, 6.45) is 7.69. The van der Waals surface area contributed by atoms with Gasteiger partial charge in [-0.05, 0) is 32.6 Å². The van der Waals surface area contributed by atoms with Gasteiger partial charge in [0, 0.05) is 25.6 Å². The van der Waals surface area contributed by atoms with Crippen molar-refractivity contribution in [3.05, 3.63) is 0 Å². The first kappa shape index (κ1) is 17.7. The van der Waals surface area contributed by atoms with Crippen LogP contribution in [0, 0.1) is 0 Å². The fraction of sp³-hybridized carbons (Fsp3) is 0.923. The zero-order valence-corrected chi connectivity index (χ0v) is 12.1. The van der Waals surface area contributed by atoms with Crippen molar-refractivity contribution in [3.63, 3.8) is 0 Å². The molecule has 1 aliphatic carbocycles. The monoisotopic (exact) mass is 278 g/mol. The maximum absolute atomic E-state index is 11.4. The summed E-state index contributed by atoms with van der Waals surface area (Å²) in [5, 5.41) is 2.89. The molecule has 0 aromatic heterocycles. The van der Waals surface area contributed by atoms with Crippen LogP contribution in [0.15, 0.2) is 0 Å². The van der Waals surface area contributed by atoms with Crippen molar-refractivity contribution in [2.75, 3.05) is 13.2 Å². The van der Waals surface area contributed by atoms with Crippen LogP contribution in [0.1, 0.15) is 51.9 Å². The minimum absolute atomic E-state index is 0. The largest absolute Gasteiger partial charge is 0.378 e. The molecule has 0 heterocycles. The lowest BCUT2D eigenvalue weighted by molar-refractivity contribution is -0.121. The van der Waals surface area contributed by atoms with Crippen molar-refractivity contribution in [2.24, 2.45) is 5.73 Å². The molecule has 1 fully saturated rings. The van der Waals surface area contributed by atoms with Gasteiger partial charge in [-0.1, -0.05) is 12.8 Å². The van der Waals surface area contributed by atoms with E-state index in [4.69, 9.17) is 10.5 Å². The number of rotatable bonds is 8. The number of nitrogens with one attached hydrogen (secondary N) is 1. The Morgan fingerprint density at radius 2 is 2.11 bits per heavy atom. The molecule has 1 unspecified atom stereocenters. The minimum Gasteiger partial charge on any atom is -0.378 e. The summed E-state index contributed by atoms with van der Waals surface area (Å²) in [4.78, 5) is 11.4.